The number of hydrogen-bond donors (Lipinski definition) is 3. The van der Waals surface area contributed by atoms with Crippen LogP contribution in [0.25, 0.3) is 0 Å². The summed E-state index contributed by atoms with van der Waals surface area (Å²) in [4.78, 5) is 12.2. The maximum atomic E-state index is 13.2. The van der Waals surface area contributed by atoms with E-state index in [1.165, 1.54) is 37.4 Å². The van der Waals surface area contributed by atoms with Crippen molar-refractivity contribution in [2.75, 3.05) is 17.7 Å². The van der Waals surface area contributed by atoms with Gasteiger partial charge in [0.1, 0.15) is 16.4 Å². The Morgan fingerprint density at radius 1 is 0.967 bits per heavy atom. The highest BCUT2D eigenvalue weighted by Crippen LogP contribution is 2.38. The van der Waals surface area contributed by atoms with Crippen molar-refractivity contribution in [2.24, 2.45) is 0 Å². The molecule has 0 atom stereocenters. The number of phenolic OH excluding ortho intramolecular Hbond substituents is 1. The van der Waals surface area contributed by atoms with Crippen LogP contribution in [0.1, 0.15) is 11.1 Å². The van der Waals surface area contributed by atoms with E-state index in [0.717, 1.165) is 0 Å². The van der Waals surface area contributed by atoms with E-state index >= 15 is 0 Å². The highest BCUT2D eigenvalue weighted by molar-refractivity contribution is 7.91. The number of phenols is 1. The zero-order chi connectivity index (χ0) is 21.9. The summed E-state index contributed by atoms with van der Waals surface area (Å²) < 4.78 is 31.4. The second-order valence-electron chi connectivity index (χ2n) is 6.67. The van der Waals surface area contributed by atoms with Crippen molar-refractivity contribution in [3.8, 4) is 11.5 Å². The monoisotopic (exact) mass is 426 g/mol. The number of aromatic hydroxyl groups is 1. The number of aryl methyl sites for hydroxylation is 1. The number of para-hydroxylation sites is 1. The van der Waals surface area contributed by atoms with Gasteiger partial charge >= 0.3 is 6.03 Å². The van der Waals surface area contributed by atoms with E-state index in [1.54, 1.807) is 38.1 Å². The molecule has 0 saturated carbocycles. The van der Waals surface area contributed by atoms with Gasteiger partial charge in [-0.3, -0.25) is 0 Å². The molecule has 0 aliphatic rings. The van der Waals surface area contributed by atoms with Crippen LogP contribution in [0.15, 0.2) is 70.5 Å². The molecule has 0 spiro atoms. The number of anilines is 2. The Hall–Kier alpha value is -3.52. The first kappa shape index (κ1) is 21.2. The lowest BCUT2D eigenvalue weighted by Crippen LogP contribution is -2.21. The molecule has 0 unspecified atom stereocenters. The van der Waals surface area contributed by atoms with Crippen LogP contribution in [0.2, 0.25) is 0 Å². The van der Waals surface area contributed by atoms with Crippen LogP contribution in [0, 0.1) is 13.8 Å². The fourth-order valence-electron chi connectivity index (χ4n) is 3.15. The molecule has 0 aliphatic heterocycles. The van der Waals surface area contributed by atoms with Gasteiger partial charge in [-0.25, -0.2) is 13.2 Å². The number of nitrogens with one attached hydrogen (secondary N) is 2. The molecule has 0 bridgehead atoms. The topological polar surface area (TPSA) is 105 Å². The molecule has 8 heteroatoms. The average molecular weight is 426 g/mol. The van der Waals surface area contributed by atoms with Crippen LogP contribution in [0.4, 0.5) is 16.2 Å². The van der Waals surface area contributed by atoms with Gasteiger partial charge in [0.15, 0.2) is 0 Å². The van der Waals surface area contributed by atoms with Crippen LogP contribution < -0.4 is 15.4 Å². The van der Waals surface area contributed by atoms with Gasteiger partial charge in [-0.15, -0.1) is 0 Å². The summed E-state index contributed by atoms with van der Waals surface area (Å²) in [5.74, 6) is 0.133. The second kappa shape index (κ2) is 8.46. The van der Waals surface area contributed by atoms with Crippen LogP contribution >= 0.6 is 0 Å². The molecule has 0 aromatic heterocycles. The highest BCUT2D eigenvalue weighted by Gasteiger charge is 2.27. The van der Waals surface area contributed by atoms with Crippen LogP contribution in [0.5, 0.6) is 11.5 Å². The van der Waals surface area contributed by atoms with Gasteiger partial charge in [0.2, 0.25) is 9.84 Å². The van der Waals surface area contributed by atoms with Gasteiger partial charge in [0.25, 0.3) is 0 Å². The maximum Gasteiger partial charge on any atom is 0.323 e. The lowest BCUT2D eigenvalue weighted by Gasteiger charge is -2.18. The maximum absolute atomic E-state index is 13.2. The fourth-order valence-corrected chi connectivity index (χ4v) is 4.72. The van der Waals surface area contributed by atoms with Crippen molar-refractivity contribution >= 4 is 27.2 Å². The number of amides is 2. The Morgan fingerprint density at radius 3 is 2.20 bits per heavy atom. The highest BCUT2D eigenvalue weighted by atomic mass is 32.2. The lowest BCUT2D eigenvalue weighted by molar-refractivity contribution is 0.262. The van der Waals surface area contributed by atoms with Crippen molar-refractivity contribution in [2.45, 2.75) is 23.6 Å². The molecule has 3 N–H and O–H groups in total. The number of carbonyl (C=O) groups is 1. The Balaban J connectivity index is 1.99. The van der Waals surface area contributed by atoms with E-state index in [4.69, 9.17) is 4.74 Å². The SMILES string of the molecule is COc1ccc(S(=O)(=O)c2c(O)cc(C)c(NC(=O)Nc3ccccc3)c2C)cc1. The molecule has 0 fully saturated rings. The molecule has 0 radical (unpaired) electrons. The van der Waals surface area contributed by atoms with Crippen molar-refractivity contribution < 1.29 is 23.1 Å². The van der Waals surface area contributed by atoms with Gasteiger partial charge in [0.05, 0.1) is 12.0 Å². The lowest BCUT2D eigenvalue weighted by atomic mass is 10.1. The molecule has 2 amide bonds. The first-order chi connectivity index (χ1) is 14.2. The van der Waals surface area contributed by atoms with Gasteiger partial charge in [-0.2, -0.15) is 0 Å². The first-order valence-corrected chi connectivity index (χ1v) is 10.6. The fraction of sp³-hybridized carbons (Fsp3) is 0.136. The zero-order valence-corrected chi connectivity index (χ0v) is 17.6. The molecule has 0 aliphatic carbocycles. The van der Waals surface area contributed by atoms with Crippen molar-refractivity contribution in [1.29, 1.82) is 0 Å². The summed E-state index contributed by atoms with van der Waals surface area (Å²) in [5.41, 5.74) is 1.68. The number of urea groups is 1. The number of ether oxygens (including phenoxy) is 1. The molecule has 30 heavy (non-hydrogen) atoms. The predicted molar refractivity (Wildman–Crippen MR) is 115 cm³/mol. The van der Waals surface area contributed by atoms with Gasteiger partial charge in [-0.1, -0.05) is 18.2 Å². The first-order valence-electron chi connectivity index (χ1n) is 9.09. The molecule has 156 valence electrons. The Kier molecular flexibility index (Phi) is 5.98. The minimum absolute atomic E-state index is 0.00485. The molecule has 0 saturated heterocycles. The number of carbonyl (C=O) groups excluding carboxylic acids is 1. The third-order valence-corrected chi connectivity index (χ3v) is 6.55. The quantitative estimate of drug-likeness (QED) is 0.521. The van der Waals surface area contributed by atoms with Crippen molar-refractivity contribution in [1.82, 2.24) is 0 Å². The summed E-state index contributed by atoms with van der Waals surface area (Å²) in [5, 5.41) is 15.8. The van der Waals surface area contributed by atoms with E-state index in [2.05, 4.69) is 10.6 Å². The molecule has 3 aromatic rings. The Bertz CT molecular complexity index is 1170. The third kappa shape index (κ3) is 4.23. The number of hydrogen-bond acceptors (Lipinski definition) is 5. The third-order valence-electron chi connectivity index (χ3n) is 4.60. The number of sulfone groups is 1. The summed E-state index contributed by atoms with van der Waals surface area (Å²) in [6.07, 6.45) is 0. The number of rotatable bonds is 5. The van der Waals surface area contributed by atoms with Crippen LogP contribution in [0.3, 0.4) is 0 Å². The molecule has 0 heterocycles. The second-order valence-corrected chi connectivity index (χ2v) is 8.55. The molecule has 7 nitrogen and oxygen atoms in total. The summed E-state index contributed by atoms with van der Waals surface area (Å²) in [6.45, 7) is 3.22. The minimum Gasteiger partial charge on any atom is -0.507 e. The minimum atomic E-state index is -4.04. The average Bonchev–Trinajstić information content (AvgIpc) is 2.71. The Labute approximate surface area is 175 Å². The van der Waals surface area contributed by atoms with E-state index in [0.29, 0.717) is 22.7 Å². The van der Waals surface area contributed by atoms with Crippen LogP contribution in [-0.2, 0) is 9.84 Å². The zero-order valence-electron chi connectivity index (χ0n) is 16.8. The van der Waals surface area contributed by atoms with E-state index < -0.39 is 15.9 Å². The van der Waals surface area contributed by atoms with E-state index in [1.807, 2.05) is 6.07 Å². The smallest absolute Gasteiger partial charge is 0.323 e. The van der Waals surface area contributed by atoms with Crippen molar-refractivity contribution in [3.63, 3.8) is 0 Å². The largest absolute Gasteiger partial charge is 0.507 e. The number of methoxy groups -OCH3 is 1. The predicted octanol–water partition coefficient (Wildman–Crippen LogP) is 4.49. The Morgan fingerprint density at radius 2 is 1.60 bits per heavy atom. The molecule has 3 aromatic carbocycles. The molecule has 3 rings (SSSR count). The summed E-state index contributed by atoms with van der Waals surface area (Å²) in [7, 11) is -2.55. The number of benzene rings is 3. The van der Waals surface area contributed by atoms with Crippen LogP contribution in [-0.4, -0.2) is 26.7 Å². The molecular weight excluding hydrogens is 404 g/mol. The summed E-state index contributed by atoms with van der Waals surface area (Å²) in [6, 6.07) is 15.5. The van der Waals surface area contributed by atoms with Gasteiger partial charge < -0.3 is 20.5 Å². The molecular formula is C22H22N2O5S. The van der Waals surface area contributed by atoms with E-state index in [9.17, 15) is 18.3 Å². The van der Waals surface area contributed by atoms with Crippen molar-refractivity contribution in [3.05, 3.63) is 71.8 Å². The van der Waals surface area contributed by atoms with Gasteiger partial charge in [0, 0.05) is 11.4 Å². The van der Waals surface area contributed by atoms with E-state index in [-0.39, 0.29) is 21.1 Å². The normalized spacial score (nSPS) is 11.0. The standard InChI is InChI=1S/C22H22N2O5S/c1-14-13-19(25)21(30(27,28)18-11-9-17(29-3)10-12-18)15(2)20(14)24-22(26)23-16-7-5-4-6-8-16/h4-13,25H,1-3H3,(H2,23,24,26). The summed E-state index contributed by atoms with van der Waals surface area (Å²) >= 11 is 0. The van der Waals surface area contributed by atoms with Gasteiger partial charge in [-0.05, 0) is 67.4 Å².